The summed E-state index contributed by atoms with van der Waals surface area (Å²) in [6, 6.07) is 0. The van der Waals surface area contributed by atoms with Gasteiger partial charge in [-0.1, -0.05) is 6.92 Å². The normalized spacial score (nSPS) is 19.6. The van der Waals surface area contributed by atoms with Gasteiger partial charge in [0.1, 0.15) is 5.82 Å². The lowest BCUT2D eigenvalue weighted by Crippen LogP contribution is -2.12. The monoisotopic (exact) mass is 239 g/mol. The van der Waals surface area contributed by atoms with Crippen LogP contribution in [0.2, 0.25) is 0 Å². The van der Waals surface area contributed by atoms with Crippen molar-refractivity contribution in [3.63, 3.8) is 0 Å². The summed E-state index contributed by atoms with van der Waals surface area (Å²) in [6.07, 6.45) is 1.85. The minimum absolute atomic E-state index is 0.205. The quantitative estimate of drug-likeness (QED) is 0.875. The summed E-state index contributed by atoms with van der Waals surface area (Å²) < 4.78 is 19.1. The number of ether oxygens (including phenoxy) is 1. The van der Waals surface area contributed by atoms with Gasteiger partial charge in [-0.3, -0.25) is 0 Å². The summed E-state index contributed by atoms with van der Waals surface area (Å²) >= 11 is 0. The molecule has 0 spiro atoms. The second-order valence-corrected chi connectivity index (χ2v) is 4.32. The summed E-state index contributed by atoms with van der Waals surface area (Å²) in [5.74, 6) is 0.874. The molecule has 1 aliphatic heterocycles. The Kier molecular flexibility index (Phi) is 3.89. The van der Waals surface area contributed by atoms with E-state index in [1.807, 2.05) is 6.92 Å². The largest absolute Gasteiger partial charge is 0.381 e. The summed E-state index contributed by atoms with van der Waals surface area (Å²) in [7, 11) is 0. The Hall–Kier alpha value is -1.23. The van der Waals surface area contributed by atoms with Gasteiger partial charge in [0.25, 0.3) is 0 Å². The van der Waals surface area contributed by atoms with Gasteiger partial charge in [0.2, 0.25) is 0 Å². The summed E-state index contributed by atoms with van der Waals surface area (Å²) in [6.45, 7) is 5.80. The molecule has 1 N–H and O–H groups in total. The molecule has 94 valence electrons. The van der Waals surface area contributed by atoms with Crippen LogP contribution in [-0.2, 0) is 4.74 Å². The van der Waals surface area contributed by atoms with Crippen LogP contribution in [0.4, 0.5) is 10.2 Å². The molecule has 1 aromatic rings. The van der Waals surface area contributed by atoms with E-state index in [1.165, 1.54) is 0 Å². The van der Waals surface area contributed by atoms with Gasteiger partial charge < -0.3 is 10.1 Å². The molecule has 1 aromatic heterocycles. The van der Waals surface area contributed by atoms with Crippen molar-refractivity contribution in [2.24, 2.45) is 0 Å². The topological polar surface area (TPSA) is 47.0 Å². The van der Waals surface area contributed by atoms with Gasteiger partial charge in [0.05, 0.1) is 12.3 Å². The molecule has 1 atom stereocenters. The molecule has 1 unspecified atom stereocenters. The Balaban J connectivity index is 2.24. The lowest BCUT2D eigenvalue weighted by molar-refractivity contribution is 0.193. The lowest BCUT2D eigenvalue weighted by Gasteiger charge is -2.12. The van der Waals surface area contributed by atoms with E-state index in [-0.39, 0.29) is 11.7 Å². The van der Waals surface area contributed by atoms with E-state index in [0.717, 1.165) is 19.4 Å². The molecule has 5 heteroatoms. The predicted octanol–water partition coefficient (Wildman–Crippen LogP) is 2.25. The van der Waals surface area contributed by atoms with E-state index < -0.39 is 0 Å². The molecule has 1 fully saturated rings. The fraction of sp³-hybridized carbons (Fsp3) is 0.667. The average Bonchev–Trinajstić information content (AvgIpc) is 2.84. The van der Waals surface area contributed by atoms with Crippen LogP contribution in [0.5, 0.6) is 0 Å². The molecule has 0 saturated carbocycles. The molecule has 0 aromatic carbocycles. The zero-order valence-corrected chi connectivity index (χ0v) is 10.3. The van der Waals surface area contributed by atoms with Gasteiger partial charge in [0.15, 0.2) is 11.6 Å². The molecular weight excluding hydrogens is 221 g/mol. The Labute approximate surface area is 101 Å². The Morgan fingerprint density at radius 2 is 2.29 bits per heavy atom. The third-order valence-corrected chi connectivity index (χ3v) is 2.87. The number of nitrogens with zero attached hydrogens (tertiary/aromatic N) is 2. The number of hydrogen-bond donors (Lipinski definition) is 1. The van der Waals surface area contributed by atoms with Crippen molar-refractivity contribution < 1.29 is 9.13 Å². The molecule has 0 amide bonds. The summed E-state index contributed by atoms with van der Waals surface area (Å²) in [5, 5.41) is 3.00. The fourth-order valence-corrected chi connectivity index (χ4v) is 1.86. The van der Waals surface area contributed by atoms with Crippen molar-refractivity contribution in [1.29, 1.82) is 0 Å². The van der Waals surface area contributed by atoms with E-state index in [9.17, 15) is 4.39 Å². The van der Waals surface area contributed by atoms with E-state index >= 15 is 0 Å². The van der Waals surface area contributed by atoms with Crippen molar-refractivity contribution in [3.8, 4) is 0 Å². The summed E-state index contributed by atoms with van der Waals surface area (Å²) in [4.78, 5) is 8.49. The first kappa shape index (κ1) is 12.2. The smallest absolute Gasteiger partial charge is 0.186 e. The van der Waals surface area contributed by atoms with Crippen LogP contribution in [0, 0.1) is 12.7 Å². The molecule has 0 aliphatic carbocycles. The van der Waals surface area contributed by atoms with Gasteiger partial charge in [0, 0.05) is 19.1 Å². The van der Waals surface area contributed by atoms with E-state index in [2.05, 4.69) is 15.3 Å². The zero-order valence-electron chi connectivity index (χ0n) is 10.3. The molecule has 1 aliphatic rings. The maximum Gasteiger partial charge on any atom is 0.186 e. The van der Waals surface area contributed by atoms with Crippen LogP contribution in [-0.4, -0.2) is 29.7 Å². The van der Waals surface area contributed by atoms with Crippen molar-refractivity contribution in [2.45, 2.75) is 32.6 Å². The van der Waals surface area contributed by atoms with E-state index in [0.29, 0.717) is 30.5 Å². The molecule has 2 rings (SSSR count). The second kappa shape index (κ2) is 5.40. The van der Waals surface area contributed by atoms with Crippen LogP contribution in [0.25, 0.3) is 0 Å². The van der Waals surface area contributed by atoms with E-state index in [1.54, 1.807) is 6.92 Å². The van der Waals surface area contributed by atoms with Crippen molar-refractivity contribution in [3.05, 3.63) is 17.3 Å². The second-order valence-electron chi connectivity index (χ2n) is 4.32. The van der Waals surface area contributed by atoms with Crippen molar-refractivity contribution in [1.82, 2.24) is 9.97 Å². The predicted molar refractivity (Wildman–Crippen MR) is 63.7 cm³/mol. The van der Waals surface area contributed by atoms with Crippen LogP contribution in [0.15, 0.2) is 0 Å². The van der Waals surface area contributed by atoms with Crippen LogP contribution >= 0.6 is 0 Å². The standard InChI is InChI=1S/C12H18FN3O/c1-3-5-14-12-10(13)8(2)15-11(16-12)9-4-6-17-7-9/h9H,3-7H2,1-2H3,(H,14,15,16). The number of nitrogens with one attached hydrogen (secondary N) is 1. The van der Waals surface area contributed by atoms with Crippen molar-refractivity contribution >= 4 is 5.82 Å². The Bertz CT molecular complexity index is 392. The number of aryl methyl sites for hydroxylation is 1. The zero-order chi connectivity index (χ0) is 12.3. The SMILES string of the molecule is CCCNc1nc(C2CCOC2)nc(C)c1F. The van der Waals surface area contributed by atoms with Gasteiger partial charge >= 0.3 is 0 Å². The minimum atomic E-state index is -0.346. The number of rotatable bonds is 4. The van der Waals surface area contributed by atoms with Gasteiger partial charge in [-0.25, -0.2) is 14.4 Å². The van der Waals surface area contributed by atoms with E-state index in [4.69, 9.17) is 4.74 Å². The lowest BCUT2D eigenvalue weighted by atomic mass is 10.1. The van der Waals surface area contributed by atoms with Crippen LogP contribution in [0.3, 0.4) is 0 Å². The molecule has 0 radical (unpaired) electrons. The third kappa shape index (κ3) is 2.72. The molecule has 4 nitrogen and oxygen atoms in total. The maximum atomic E-state index is 13.8. The molecule has 0 bridgehead atoms. The van der Waals surface area contributed by atoms with Crippen molar-refractivity contribution in [2.75, 3.05) is 25.1 Å². The highest BCUT2D eigenvalue weighted by atomic mass is 19.1. The van der Waals surface area contributed by atoms with Crippen LogP contribution in [0.1, 0.15) is 37.2 Å². The van der Waals surface area contributed by atoms with Gasteiger partial charge in [-0.2, -0.15) is 0 Å². The Morgan fingerprint density at radius 1 is 1.47 bits per heavy atom. The molecular formula is C12H18FN3O. The first-order chi connectivity index (χ1) is 8.22. The summed E-state index contributed by atoms with van der Waals surface area (Å²) in [5.41, 5.74) is 0.403. The first-order valence-corrected chi connectivity index (χ1v) is 6.08. The highest BCUT2D eigenvalue weighted by Crippen LogP contribution is 2.25. The molecule has 2 heterocycles. The minimum Gasteiger partial charge on any atom is -0.381 e. The highest BCUT2D eigenvalue weighted by Gasteiger charge is 2.22. The Morgan fingerprint density at radius 3 is 2.94 bits per heavy atom. The highest BCUT2D eigenvalue weighted by molar-refractivity contribution is 5.38. The maximum absolute atomic E-state index is 13.8. The third-order valence-electron chi connectivity index (χ3n) is 2.87. The van der Waals surface area contributed by atoms with Gasteiger partial charge in [-0.05, 0) is 19.8 Å². The number of anilines is 1. The number of aromatic nitrogens is 2. The first-order valence-electron chi connectivity index (χ1n) is 6.08. The average molecular weight is 239 g/mol. The fourth-order valence-electron chi connectivity index (χ4n) is 1.86. The number of hydrogen-bond acceptors (Lipinski definition) is 4. The molecule has 17 heavy (non-hydrogen) atoms. The number of halogens is 1. The van der Waals surface area contributed by atoms with Gasteiger partial charge in [-0.15, -0.1) is 0 Å². The molecule has 1 saturated heterocycles. The van der Waals surface area contributed by atoms with Crippen LogP contribution < -0.4 is 5.32 Å².